The third-order valence-corrected chi connectivity index (χ3v) is 3.44. The molecule has 1 fully saturated rings. The fraction of sp³-hybridized carbons (Fsp3) is 0.600. The van der Waals surface area contributed by atoms with E-state index in [1.807, 2.05) is 12.1 Å². The van der Waals surface area contributed by atoms with Crippen molar-refractivity contribution in [2.75, 3.05) is 24.5 Å². The van der Waals surface area contributed by atoms with E-state index >= 15 is 0 Å². The first kappa shape index (κ1) is 13.3. The largest absolute Gasteiger partial charge is 0.369 e. The zero-order valence-corrected chi connectivity index (χ0v) is 11.3. The van der Waals surface area contributed by atoms with Gasteiger partial charge in [0, 0.05) is 19.1 Å². The summed E-state index contributed by atoms with van der Waals surface area (Å²) in [6, 6.07) is 7.78. The summed E-state index contributed by atoms with van der Waals surface area (Å²) in [5.41, 5.74) is 0.721. The second-order valence-corrected chi connectivity index (χ2v) is 5.28. The van der Waals surface area contributed by atoms with Crippen molar-refractivity contribution in [1.29, 1.82) is 0 Å². The Morgan fingerprint density at radius 2 is 2.11 bits per heavy atom. The van der Waals surface area contributed by atoms with Crippen LogP contribution >= 0.6 is 0 Å². The van der Waals surface area contributed by atoms with Gasteiger partial charge < -0.3 is 10.2 Å². The summed E-state index contributed by atoms with van der Waals surface area (Å²) >= 11 is 0. The molecule has 0 heterocycles. The summed E-state index contributed by atoms with van der Waals surface area (Å²) in [6.07, 6.45) is 2.63. The van der Waals surface area contributed by atoms with Crippen LogP contribution < -0.4 is 10.2 Å². The molecule has 0 spiro atoms. The minimum Gasteiger partial charge on any atom is -0.369 e. The first-order chi connectivity index (χ1) is 8.70. The van der Waals surface area contributed by atoms with Gasteiger partial charge in [0.1, 0.15) is 5.82 Å². The molecule has 100 valence electrons. The predicted molar refractivity (Wildman–Crippen MR) is 74.5 cm³/mol. The van der Waals surface area contributed by atoms with Crippen LogP contribution in [0.25, 0.3) is 0 Å². The molecule has 0 amide bonds. The Morgan fingerprint density at radius 3 is 2.72 bits per heavy atom. The average molecular weight is 250 g/mol. The first-order valence-electron chi connectivity index (χ1n) is 6.93. The molecule has 1 saturated carbocycles. The fourth-order valence-corrected chi connectivity index (χ4v) is 2.20. The van der Waals surface area contributed by atoms with Crippen LogP contribution in [0.15, 0.2) is 24.3 Å². The van der Waals surface area contributed by atoms with Gasteiger partial charge in [0.15, 0.2) is 0 Å². The van der Waals surface area contributed by atoms with Crippen LogP contribution in [0.5, 0.6) is 0 Å². The summed E-state index contributed by atoms with van der Waals surface area (Å²) < 4.78 is 13.7. The van der Waals surface area contributed by atoms with Crippen molar-refractivity contribution in [3.63, 3.8) is 0 Å². The van der Waals surface area contributed by atoms with Crippen molar-refractivity contribution < 1.29 is 4.39 Å². The fourth-order valence-electron chi connectivity index (χ4n) is 2.20. The van der Waals surface area contributed by atoms with Gasteiger partial charge >= 0.3 is 0 Å². The molecule has 1 aliphatic carbocycles. The third kappa shape index (κ3) is 3.70. The molecule has 2 nitrogen and oxygen atoms in total. The van der Waals surface area contributed by atoms with Gasteiger partial charge in [-0.3, -0.25) is 0 Å². The van der Waals surface area contributed by atoms with Crippen LogP contribution in [0, 0.1) is 11.7 Å². The number of para-hydroxylation sites is 1. The molecular formula is C15H23FN2. The Bertz CT molecular complexity index is 377. The first-order valence-corrected chi connectivity index (χ1v) is 6.93. The summed E-state index contributed by atoms with van der Waals surface area (Å²) in [6.45, 7) is 7.06. The molecule has 0 saturated heterocycles. The number of halogens is 1. The van der Waals surface area contributed by atoms with Crippen LogP contribution in [0.4, 0.5) is 10.1 Å². The topological polar surface area (TPSA) is 15.3 Å². The highest BCUT2D eigenvalue weighted by Crippen LogP contribution is 2.21. The molecule has 1 atom stereocenters. The molecule has 1 aromatic rings. The van der Waals surface area contributed by atoms with E-state index < -0.39 is 0 Å². The van der Waals surface area contributed by atoms with Gasteiger partial charge in [-0.1, -0.05) is 19.1 Å². The Morgan fingerprint density at radius 1 is 1.39 bits per heavy atom. The molecule has 0 radical (unpaired) electrons. The number of anilines is 1. The highest BCUT2D eigenvalue weighted by atomic mass is 19.1. The zero-order valence-electron chi connectivity index (χ0n) is 11.3. The van der Waals surface area contributed by atoms with Crippen molar-refractivity contribution >= 4 is 5.69 Å². The molecule has 1 aromatic carbocycles. The smallest absolute Gasteiger partial charge is 0.146 e. The van der Waals surface area contributed by atoms with Crippen molar-refractivity contribution in [2.45, 2.75) is 32.7 Å². The maximum atomic E-state index is 13.7. The van der Waals surface area contributed by atoms with E-state index in [0.29, 0.717) is 5.92 Å². The second-order valence-electron chi connectivity index (χ2n) is 5.28. The maximum Gasteiger partial charge on any atom is 0.146 e. The lowest BCUT2D eigenvalue weighted by Gasteiger charge is -2.27. The quantitative estimate of drug-likeness (QED) is 0.800. The van der Waals surface area contributed by atoms with E-state index in [1.54, 1.807) is 6.07 Å². The summed E-state index contributed by atoms with van der Waals surface area (Å²) in [4.78, 5) is 2.12. The van der Waals surface area contributed by atoms with Crippen LogP contribution in [-0.2, 0) is 0 Å². The van der Waals surface area contributed by atoms with Crippen molar-refractivity contribution in [1.82, 2.24) is 5.32 Å². The van der Waals surface area contributed by atoms with Gasteiger partial charge in [-0.15, -0.1) is 0 Å². The summed E-state index contributed by atoms with van der Waals surface area (Å²) in [7, 11) is 0. The molecule has 1 unspecified atom stereocenters. The maximum absolute atomic E-state index is 13.7. The van der Waals surface area contributed by atoms with Crippen molar-refractivity contribution in [2.24, 2.45) is 5.92 Å². The molecule has 0 aliphatic heterocycles. The van der Waals surface area contributed by atoms with Crippen LogP contribution in [-0.4, -0.2) is 25.7 Å². The molecular weight excluding hydrogens is 227 g/mol. The number of rotatable bonds is 7. The zero-order chi connectivity index (χ0) is 13.0. The summed E-state index contributed by atoms with van der Waals surface area (Å²) in [5, 5.41) is 3.53. The predicted octanol–water partition coefficient (Wildman–Crippen LogP) is 3.04. The Kier molecular flexibility index (Phi) is 4.59. The van der Waals surface area contributed by atoms with Crippen LogP contribution in [0.2, 0.25) is 0 Å². The lowest BCUT2D eigenvalue weighted by Crippen LogP contribution is -2.34. The average Bonchev–Trinajstić information content (AvgIpc) is 3.18. The lowest BCUT2D eigenvalue weighted by atomic mass is 10.1. The van der Waals surface area contributed by atoms with E-state index in [2.05, 4.69) is 24.1 Å². The number of nitrogens with zero attached hydrogens (tertiary/aromatic N) is 1. The monoisotopic (exact) mass is 250 g/mol. The Hall–Kier alpha value is -1.09. The standard InChI is InChI=1S/C15H23FN2/c1-3-18(15-7-5-4-6-14(15)16)11-12(2)10-17-13-8-9-13/h4-7,12-13,17H,3,8-11H2,1-2H3. The minimum atomic E-state index is -0.123. The molecule has 0 aromatic heterocycles. The Balaban J connectivity index is 1.89. The van der Waals surface area contributed by atoms with Crippen LogP contribution in [0.1, 0.15) is 26.7 Å². The summed E-state index contributed by atoms with van der Waals surface area (Å²) in [5.74, 6) is 0.409. The van der Waals surface area contributed by atoms with E-state index in [0.717, 1.165) is 31.4 Å². The van der Waals surface area contributed by atoms with Crippen molar-refractivity contribution in [3.05, 3.63) is 30.1 Å². The van der Waals surface area contributed by atoms with Gasteiger partial charge in [-0.05, 0) is 44.4 Å². The third-order valence-electron chi connectivity index (χ3n) is 3.44. The van der Waals surface area contributed by atoms with Crippen LogP contribution in [0.3, 0.4) is 0 Å². The molecule has 1 N–H and O–H groups in total. The number of hydrogen-bond acceptors (Lipinski definition) is 2. The van der Waals surface area contributed by atoms with E-state index in [4.69, 9.17) is 0 Å². The molecule has 18 heavy (non-hydrogen) atoms. The molecule has 2 rings (SSSR count). The molecule has 3 heteroatoms. The van der Waals surface area contributed by atoms with Gasteiger partial charge in [-0.25, -0.2) is 4.39 Å². The van der Waals surface area contributed by atoms with Gasteiger partial charge in [-0.2, -0.15) is 0 Å². The second kappa shape index (κ2) is 6.19. The van der Waals surface area contributed by atoms with Gasteiger partial charge in [0.05, 0.1) is 5.69 Å². The van der Waals surface area contributed by atoms with Gasteiger partial charge in [0.25, 0.3) is 0 Å². The number of nitrogens with one attached hydrogen (secondary N) is 1. The highest BCUT2D eigenvalue weighted by Gasteiger charge is 2.21. The molecule has 1 aliphatic rings. The lowest BCUT2D eigenvalue weighted by molar-refractivity contribution is 0.500. The molecule has 0 bridgehead atoms. The van der Waals surface area contributed by atoms with E-state index in [9.17, 15) is 4.39 Å². The van der Waals surface area contributed by atoms with Gasteiger partial charge in [0.2, 0.25) is 0 Å². The van der Waals surface area contributed by atoms with E-state index in [1.165, 1.54) is 18.9 Å². The highest BCUT2D eigenvalue weighted by molar-refractivity contribution is 5.47. The van der Waals surface area contributed by atoms with Crippen molar-refractivity contribution in [3.8, 4) is 0 Å². The van der Waals surface area contributed by atoms with E-state index in [-0.39, 0.29) is 5.82 Å². The SMILES string of the molecule is CCN(CC(C)CNC1CC1)c1ccccc1F. The number of benzene rings is 1. The Labute approximate surface area is 109 Å². The minimum absolute atomic E-state index is 0.123. The number of hydrogen-bond donors (Lipinski definition) is 1. The normalized spacial score (nSPS) is 16.6.